The van der Waals surface area contributed by atoms with Crippen molar-refractivity contribution < 1.29 is 140 Å². The maximum Gasteiger partial charge on any atom is 0.187 e. The molecule has 28 nitrogen and oxygen atoms in total. The second-order valence-electron chi connectivity index (χ2n) is 27.3. The van der Waals surface area contributed by atoms with Gasteiger partial charge in [-0.2, -0.15) is 0 Å². The molecule has 0 amide bonds. The van der Waals surface area contributed by atoms with E-state index in [1.165, 1.54) is 13.8 Å². The third-order valence-corrected chi connectivity index (χ3v) is 20.4. The van der Waals surface area contributed by atoms with Crippen LogP contribution in [0.2, 0.25) is 0 Å². The van der Waals surface area contributed by atoms with Gasteiger partial charge in [-0.1, -0.05) is 66.5 Å². The zero-order chi connectivity index (χ0) is 66.5. The summed E-state index contributed by atoms with van der Waals surface area (Å²) in [5, 5.41) is 200. The molecule has 5 aliphatic rings. The van der Waals surface area contributed by atoms with Crippen LogP contribution >= 0.6 is 0 Å². The fourth-order valence-corrected chi connectivity index (χ4v) is 14.5. The van der Waals surface area contributed by atoms with Crippen LogP contribution in [0.1, 0.15) is 120 Å². The van der Waals surface area contributed by atoms with Crippen LogP contribution in [0.4, 0.5) is 0 Å². The van der Waals surface area contributed by atoms with Crippen LogP contribution in [0.5, 0.6) is 0 Å². The molecule has 28 heteroatoms. The quantitative estimate of drug-likeness (QED) is 0.0223. The molecule has 4 fully saturated rings. The van der Waals surface area contributed by atoms with Gasteiger partial charge in [0.05, 0.1) is 89.5 Å². The number of aliphatic hydroxyl groups is 19. The van der Waals surface area contributed by atoms with Gasteiger partial charge in [0.1, 0.15) is 85.5 Å². The minimum atomic E-state index is -1.93. The molecule has 2 saturated carbocycles. The molecule has 3 aliphatic carbocycles. The number of rotatable bonds is 33. The second kappa shape index (κ2) is 35.0. The van der Waals surface area contributed by atoms with E-state index >= 15 is 0 Å². The number of aliphatic hydroxyl groups excluding tert-OH is 18. The van der Waals surface area contributed by atoms with Gasteiger partial charge in [-0.3, -0.25) is 0 Å². The fourth-order valence-electron chi connectivity index (χ4n) is 14.5. The molecular weight excluding hydrogens is 1180 g/mol. The van der Waals surface area contributed by atoms with Crippen LogP contribution < -0.4 is 0 Å². The summed E-state index contributed by atoms with van der Waals surface area (Å²) in [5.41, 5.74) is -2.92. The van der Waals surface area contributed by atoms with Crippen LogP contribution in [0.3, 0.4) is 0 Å². The van der Waals surface area contributed by atoms with E-state index < -0.39 is 210 Å². The highest BCUT2D eigenvalue weighted by molar-refractivity contribution is 5.11. The van der Waals surface area contributed by atoms with Gasteiger partial charge >= 0.3 is 0 Å². The molecule has 0 aromatic carbocycles. The summed E-state index contributed by atoms with van der Waals surface area (Å²) in [6.45, 7) is 9.74. The van der Waals surface area contributed by atoms with Gasteiger partial charge in [-0.15, -0.1) is 0 Å². The first kappa shape index (κ1) is 78.3. The molecule has 2 aliphatic heterocycles. The Morgan fingerprint density at radius 2 is 1.30 bits per heavy atom. The van der Waals surface area contributed by atoms with Gasteiger partial charge < -0.3 is 140 Å². The maximum atomic E-state index is 11.8. The van der Waals surface area contributed by atoms with E-state index in [-0.39, 0.29) is 55.1 Å². The molecule has 0 radical (unpaired) electrons. The van der Waals surface area contributed by atoms with Crippen molar-refractivity contribution in [1.29, 1.82) is 0 Å². The monoisotopic (exact) mass is 1290 g/mol. The summed E-state index contributed by atoms with van der Waals surface area (Å²) < 4.78 is 53.5. The molecule has 28 atom stereocenters. The van der Waals surface area contributed by atoms with Crippen molar-refractivity contribution in [3.8, 4) is 0 Å². The van der Waals surface area contributed by atoms with E-state index in [0.29, 0.717) is 25.7 Å². The van der Waals surface area contributed by atoms with Crippen molar-refractivity contribution in [2.75, 3.05) is 66.1 Å². The minimum Gasteiger partial charge on any atom is -0.396 e. The summed E-state index contributed by atoms with van der Waals surface area (Å²) in [5.74, 6) is -0.460. The van der Waals surface area contributed by atoms with Crippen LogP contribution in [0, 0.1) is 45.8 Å². The lowest BCUT2D eigenvalue weighted by atomic mass is 9.52. The molecule has 0 aromatic heterocycles. The van der Waals surface area contributed by atoms with Gasteiger partial charge in [-0.25, -0.2) is 0 Å². The Hall–Kier alpha value is -1.38. The Balaban J connectivity index is 1.34. The third kappa shape index (κ3) is 19.2. The molecule has 89 heavy (non-hydrogen) atoms. The van der Waals surface area contributed by atoms with Crippen LogP contribution in [0.15, 0.2) is 12.2 Å². The molecule has 5 rings (SSSR count). The first-order valence-electron chi connectivity index (χ1n) is 31.8. The molecule has 524 valence electrons. The molecular formula is C61H112O28. The van der Waals surface area contributed by atoms with Crippen molar-refractivity contribution in [2.24, 2.45) is 45.8 Å². The molecule has 0 bridgehead atoms. The predicted octanol–water partition coefficient (Wildman–Crippen LogP) is -3.61. The highest BCUT2D eigenvalue weighted by Crippen LogP contribution is 2.66. The van der Waals surface area contributed by atoms with E-state index in [1.807, 2.05) is 13.8 Å². The van der Waals surface area contributed by atoms with Gasteiger partial charge in [0.15, 0.2) is 25.2 Å². The SMILES string of the molecule is CC(CCC(OC1O[C@H](CO[C@@H]2OC(CO)C(O)C(O)C2O)C(O)[C@H](O)C1OC(CO)OC(CO)C(O)CO)C(C)(C)O)C1CCC(C)([C@@H]2C/C=C/C(C)(C)[C@@H](O[C@@H]3C[C@H](CO[C@H](OC(CO)CO)C(O)CO)C(O)C(O)C3O)CCC[C@H]2C)[C@]1(C)CCO. The molecule has 0 aromatic rings. The lowest BCUT2D eigenvalue weighted by Crippen LogP contribution is -2.63. The standard InChI is InChI=1S/C61H112O28/c1-31-11-9-13-43(84-39-21-33(46(72)50(76)47(39)73)29-81-55(38(71)25-66)83-34(22-63)23-64)58(3,4)17-10-12-35(31)60(7)18-16-36(61(60,8)19-20-62)32(2)14-15-44(59(5,6)80)88-57-54(89-45(28-69)85-40(26-67)37(70)24-65)52(78)49(75)42(87-57)30-82-56-53(79)51(77)48(74)41(27-68)86-56/h10,17,31-57,62-80H,9,11-16,18-30H2,1-8H3/b17-10+/t31-,32?,33-,35-,36?,37?,38?,39-,40?,41?,42-,43+,44?,45?,46?,47?,48?,49?,50?,51?,52+,53?,54?,55-,56-,57?,60?,61-/m1/s1. The summed E-state index contributed by atoms with van der Waals surface area (Å²) in [7, 11) is 0. The third-order valence-electron chi connectivity index (χ3n) is 20.4. The topological polar surface area (TPSA) is 467 Å². The number of hydrogen-bond donors (Lipinski definition) is 19. The van der Waals surface area contributed by atoms with Crippen molar-refractivity contribution in [3.05, 3.63) is 12.2 Å². The normalized spacial score (nSPS) is 40.3. The van der Waals surface area contributed by atoms with E-state index in [1.54, 1.807) is 0 Å². The lowest BCUT2D eigenvalue weighted by Gasteiger charge is -2.52. The summed E-state index contributed by atoms with van der Waals surface area (Å²) in [6, 6.07) is 0. The van der Waals surface area contributed by atoms with Crippen LogP contribution in [0.25, 0.3) is 0 Å². The summed E-state index contributed by atoms with van der Waals surface area (Å²) in [4.78, 5) is 0. The second-order valence-corrected chi connectivity index (χ2v) is 27.3. The predicted molar refractivity (Wildman–Crippen MR) is 312 cm³/mol. The smallest absolute Gasteiger partial charge is 0.187 e. The van der Waals surface area contributed by atoms with E-state index in [4.69, 9.17) is 42.6 Å². The number of ether oxygens (including phenoxy) is 9. The Morgan fingerprint density at radius 3 is 1.90 bits per heavy atom. The van der Waals surface area contributed by atoms with E-state index in [9.17, 15) is 97.0 Å². The lowest BCUT2D eigenvalue weighted by molar-refractivity contribution is -0.364. The number of hydrogen-bond acceptors (Lipinski definition) is 28. The minimum absolute atomic E-state index is 0.0382. The molecule has 18 unspecified atom stereocenters. The Bertz CT molecular complexity index is 2040. The van der Waals surface area contributed by atoms with Gasteiger partial charge in [0.25, 0.3) is 0 Å². The summed E-state index contributed by atoms with van der Waals surface area (Å²) >= 11 is 0. The average Bonchev–Trinajstić information content (AvgIpc) is 1.62. The Kier molecular flexibility index (Phi) is 30.8. The fraction of sp³-hybridized carbons (Fsp3) is 0.967. The first-order chi connectivity index (χ1) is 41.9. The Labute approximate surface area is 522 Å². The van der Waals surface area contributed by atoms with Crippen molar-refractivity contribution in [3.63, 3.8) is 0 Å². The summed E-state index contributed by atoms with van der Waals surface area (Å²) in [6.07, 6.45) is -23.0. The van der Waals surface area contributed by atoms with E-state index in [2.05, 4.69) is 39.8 Å². The average molecular weight is 1290 g/mol. The molecule has 19 N–H and O–H groups in total. The van der Waals surface area contributed by atoms with Crippen molar-refractivity contribution >= 4 is 0 Å². The Morgan fingerprint density at radius 1 is 0.663 bits per heavy atom. The first-order valence-corrected chi connectivity index (χ1v) is 31.8. The van der Waals surface area contributed by atoms with Crippen molar-refractivity contribution in [1.82, 2.24) is 0 Å². The molecule has 0 spiro atoms. The molecule has 2 heterocycles. The zero-order valence-corrected chi connectivity index (χ0v) is 53.1. The van der Waals surface area contributed by atoms with Crippen molar-refractivity contribution in [2.45, 2.75) is 260 Å². The van der Waals surface area contributed by atoms with Gasteiger partial charge in [0, 0.05) is 17.9 Å². The van der Waals surface area contributed by atoms with Crippen LogP contribution in [-0.4, -0.2) is 304 Å². The number of allylic oxidation sites excluding steroid dienone is 1. The highest BCUT2D eigenvalue weighted by atomic mass is 16.8. The van der Waals surface area contributed by atoms with E-state index in [0.717, 1.165) is 25.7 Å². The zero-order valence-electron chi connectivity index (χ0n) is 53.1. The van der Waals surface area contributed by atoms with Gasteiger partial charge in [-0.05, 0) is 99.7 Å². The largest absolute Gasteiger partial charge is 0.396 e. The maximum absolute atomic E-state index is 11.8. The highest BCUT2D eigenvalue weighted by Gasteiger charge is 2.59. The van der Waals surface area contributed by atoms with Gasteiger partial charge in [0.2, 0.25) is 0 Å². The van der Waals surface area contributed by atoms with Crippen LogP contribution in [-0.2, 0) is 42.6 Å². The molecule has 2 saturated heterocycles.